The molecule has 7 heteroatoms. The highest BCUT2D eigenvalue weighted by atomic mass is 16.6. The first kappa shape index (κ1) is 18.9. The molecule has 28 heavy (non-hydrogen) atoms. The van der Waals surface area contributed by atoms with Crippen LogP contribution in [0.3, 0.4) is 0 Å². The second-order valence-electron chi connectivity index (χ2n) is 8.60. The van der Waals surface area contributed by atoms with Crippen molar-refractivity contribution in [2.24, 2.45) is 29.6 Å². The Bertz CT molecular complexity index is 862. The Morgan fingerprint density at radius 1 is 1.39 bits per heavy atom. The summed E-state index contributed by atoms with van der Waals surface area (Å²) in [6.07, 6.45) is 1.43. The minimum atomic E-state index is -1.38. The zero-order chi connectivity index (χ0) is 20.5. The first-order valence-electron chi connectivity index (χ1n) is 9.43. The van der Waals surface area contributed by atoms with Gasteiger partial charge in [-0.15, -0.1) is 0 Å². The minimum absolute atomic E-state index is 0.0839. The summed E-state index contributed by atoms with van der Waals surface area (Å²) in [4.78, 5) is 38.7. The van der Waals surface area contributed by atoms with Crippen molar-refractivity contribution in [1.82, 2.24) is 0 Å². The van der Waals surface area contributed by atoms with Crippen LogP contribution in [0.5, 0.6) is 0 Å². The average Bonchev–Trinajstić information content (AvgIpc) is 2.96. The van der Waals surface area contributed by atoms with Gasteiger partial charge < -0.3 is 19.7 Å². The van der Waals surface area contributed by atoms with E-state index in [0.717, 1.165) is 5.57 Å². The standard InChI is InChI=1S/C21H24O7/c1-8(2)9-6-12(22)16(20(25)27-4)15-10(9)5-11-14-13(28-19(11)24)7-21(3,26)17(14)18(15)23/h5,9-10,13-15,17,22,26H,1,6-7H2,2-4H3/t9-,10-,13+,14+,15-,17-,21-/m0/s1. The van der Waals surface area contributed by atoms with Gasteiger partial charge in [0, 0.05) is 24.3 Å². The van der Waals surface area contributed by atoms with Crippen molar-refractivity contribution in [3.05, 3.63) is 35.1 Å². The molecule has 2 N–H and O–H groups in total. The molecule has 7 nitrogen and oxygen atoms in total. The fourth-order valence-corrected chi connectivity index (χ4v) is 5.62. The van der Waals surface area contributed by atoms with Gasteiger partial charge in [0.05, 0.1) is 30.1 Å². The fourth-order valence-electron chi connectivity index (χ4n) is 5.62. The van der Waals surface area contributed by atoms with E-state index in [9.17, 15) is 24.6 Å². The molecule has 0 aromatic carbocycles. The number of esters is 2. The lowest BCUT2D eigenvalue weighted by molar-refractivity contribution is -0.143. The third kappa shape index (κ3) is 2.42. The third-order valence-corrected chi connectivity index (χ3v) is 6.81. The average molecular weight is 388 g/mol. The lowest BCUT2D eigenvalue weighted by Gasteiger charge is -2.38. The number of hydrogen-bond donors (Lipinski definition) is 2. The molecule has 0 amide bonds. The van der Waals surface area contributed by atoms with Crippen LogP contribution in [0.2, 0.25) is 0 Å². The Labute approximate surface area is 162 Å². The topological polar surface area (TPSA) is 110 Å². The molecule has 3 aliphatic carbocycles. The summed E-state index contributed by atoms with van der Waals surface area (Å²) in [6.45, 7) is 7.32. The van der Waals surface area contributed by atoms with Crippen molar-refractivity contribution in [3.63, 3.8) is 0 Å². The maximum absolute atomic E-state index is 13.7. The number of ether oxygens (including phenoxy) is 2. The highest BCUT2D eigenvalue weighted by Crippen LogP contribution is 2.56. The SMILES string of the molecule is C=C(C)[C@@H]1CC(O)=C(C(=O)OC)[C@H]2C(=O)[C@@H]3[C@@H]4C(=C[C@H]21)C(=O)O[C@@H]4C[C@]3(C)O. The molecule has 1 saturated carbocycles. The number of carbonyl (C=O) groups excluding carboxylic acids is 3. The van der Waals surface area contributed by atoms with Gasteiger partial charge in [-0.05, 0) is 25.7 Å². The number of Topliss-reactive ketones (excluding diaryl/α,β-unsaturated/α-hetero) is 1. The summed E-state index contributed by atoms with van der Waals surface area (Å²) < 4.78 is 10.3. The first-order chi connectivity index (χ1) is 13.1. The van der Waals surface area contributed by atoms with Crippen molar-refractivity contribution < 1.29 is 34.1 Å². The number of ketones is 1. The molecule has 2 fully saturated rings. The van der Waals surface area contributed by atoms with Crippen LogP contribution in [0.15, 0.2) is 35.1 Å². The largest absolute Gasteiger partial charge is 0.512 e. The molecule has 4 rings (SSSR count). The summed E-state index contributed by atoms with van der Waals surface area (Å²) in [5.74, 6) is -5.16. The van der Waals surface area contributed by atoms with Crippen molar-refractivity contribution in [2.45, 2.75) is 38.4 Å². The lowest BCUT2D eigenvalue weighted by atomic mass is 9.65. The van der Waals surface area contributed by atoms with E-state index in [2.05, 4.69) is 6.58 Å². The van der Waals surface area contributed by atoms with E-state index in [-0.39, 0.29) is 35.9 Å². The molecule has 0 spiro atoms. The van der Waals surface area contributed by atoms with Crippen LogP contribution in [0.4, 0.5) is 0 Å². The van der Waals surface area contributed by atoms with E-state index in [4.69, 9.17) is 9.47 Å². The molecule has 1 saturated heterocycles. The van der Waals surface area contributed by atoms with Gasteiger partial charge in [-0.2, -0.15) is 0 Å². The summed E-state index contributed by atoms with van der Waals surface area (Å²) in [6, 6.07) is 0. The van der Waals surface area contributed by atoms with E-state index < -0.39 is 47.3 Å². The van der Waals surface area contributed by atoms with E-state index >= 15 is 0 Å². The molecule has 150 valence electrons. The molecule has 0 unspecified atom stereocenters. The van der Waals surface area contributed by atoms with Gasteiger partial charge in [-0.3, -0.25) is 4.79 Å². The van der Waals surface area contributed by atoms with E-state index in [1.807, 2.05) is 0 Å². The lowest BCUT2D eigenvalue weighted by Crippen LogP contribution is -2.45. The van der Waals surface area contributed by atoms with Crippen LogP contribution in [-0.2, 0) is 23.9 Å². The van der Waals surface area contributed by atoms with Gasteiger partial charge in [0.1, 0.15) is 17.6 Å². The monoisotopic (exact) mass is 388 g/mol. The van der Waals surface area contributed by atoms with Crippen LogP contribution in [-0.4, -0.2) is 46.7 Å². The molecule has 1 heterocycles. The highest BCUT2D eigenvalue weighted by molar-refractivity contribution is 6.03. The molecule has 4 aliphatic rings. The van der Waals surface area contributed by atoms with Crippen molar-refractivity contribution in [3.8, 4) is 0 Å². The predicted molar refractivity (Wildman–Crippen MR) is 96.8 cm³/mol. The molecule has 0 aromatic rings. The Balaban J connectivity index is 1.95. The number of carbonyl (C=O) groups is 3. The number of aliphatic hydroxyl groups is 2. The Morgan fingerprint density at radius 3 is 2.68 bits per heavy atom. The molecule has 0 aromatic heterocycles. The minimum Gasteiger partial charge on any atom is -0.512 e. The maximum Gasteiger partial charge on any atom is 0.337 e. The van der Waals surface area contributed by atoms with E-state index in [1.165, 1.54) is 7.11 Å². The number of methoxy groups -OCH3 is 1. The van der Waals surface area contributed by atoms with Gasteiger partial charge in [-0.25, -0.2) is 9.59 Å². The normalized spacial score (nSPS) is 41.6. The van der Waals surface area contributed by atoms with Crippen LogP contribution >= 0.6 is 0 Å². The van der Waals surface area contributed by atoms with Crippen LogP contribution < -0.4 is 0 Å². The van der Waals surface area contributed by atoms with E-state index in [1.54, 1.807) is 19.9 Å². The summed E-state index contributed by atoms with van der Waals surface area (Å²) >= 11 is 0. The summed E-state index contributed by atoms with van der Waals surface area (Å²) in [5, 5.41) is 21.6. The summed E-state index contributed by atoms with van der Waals surface area (Å²) in [5.41, 5.74) is -0.351. The van der Waals surface area contributed by atoms with Crippen LogP contribution in [0, 0.1) is 29.6 Å². The Kier molecular flexibility index (Phi) is 4.08. The number of hydrogen-bond acceptors (Lipinski definition) is 7. The van der Waals surface area contributed by atoms with Gasteiger partial charge in [-0.1, -0.05) is 18.2 Å². The summed E-state index contributed by atoms with van der Waals surface area (Å²) in [7, 11) is 1.19. The molecular formula is C21H24O7. The van der Waals surface area contributed by atoms with Gasteiger partial charge in [0.15, 0.2) is 0 Å². The molecule has 0 bridgehead atoms. The van der Waals surface area contributed by atoms with Crippen molar-refractivity contribution in [1.29, 1.82) is 0 Å². The number of aliphatic hydroxyl groups excluding tert-OH is 1. The molecular weight excluding hydrogens is 364 g/mol. The predicted octanol–water partition coefficient (Wildman–Crippen LogP) is 1.62. The van der Waals surface area contributed by atoms with Crippen molar-refractivity contribution >= 4 is 17.7 Å². The second-order valence-corrected chi connectivity index (χ2v) is 8.60. The van der Waals surface area contributed by atoms with Gasteiger partial charge >= 0.3 is 11.9 Å². The fraction of sp³-hybridized carbons (Fsp3) is 0.571. The zero-order valence-corrected chi connectivity index (χ0v) is 16.1. The maximum atomic E-state index is 13.7. The Hall–Kier alpha value is -2.41. The van der Waals surface area contributed by atoms with Crippen LogP contribution in [0.25, 0.3) is 0 Å². The van der Waals surface area contributed by atoms with E-state index in [0.29, 0.717) is 5.57 Å². The van der Waals surface area contributed by atoms with Gasteiger partial charge in [0.25, 0.3) is 0 Å². The number of allylic oxidation sites excluding steroid dienone is 3. The zero-order valence-electron chi connectivity index (χ0n) is 16.1. The quantitative estimate of drug-likeness (QED) is 0.546. The molecule has 1 aliphatic heterocycles. The van der Waals surface area contributed by atoms with Crippen LogP contribution in [0.1, 0.15) is 26.7 Å². The Morgan fingerprint density at radius 2 is 2.07 bits per heavy atom. The number of fused-ring (bicyclic) bond motifs is 1. The molecule has 0 radical (unpaired) electrons. The van der Waals surface area contributed by atoms with Crippen molar-refractivity contribution in [2.75, 3.05) is 7.11 Å². The number of rotatable bonds is 2. The van der Waals surface area contributed by atoms with Gasteiger partial charge in [0.2, 0.25) is 0 Å². The second kappa shape index (κ2) is 6.04. The molecule has 7 atom stereocenters. The third-order valence-electron chi connectivity index (χ3n) is 6.81. The first-order valence-corrected chi connectivity index (χ1v) is 9.43. The smallest absolute Gasteiger partial charge is 0.337 e. The highest BCUT2D eigenvalue weighted by Gasteiger charge is 2.64.